The lowest BCUT2D eigenvalue weighted by molar-refractivity contribution is -0.883. The summed E-state index contributed by atoms with van der Waals surface area (Å²) in [6, 6.07) is 0.138. The Hall–Kier alpha value is -0.650. The highest BCUT2D eigenvalue weighted by Gasteiger charge is 2.19. The number of carboxylic acid groups (broad SMARTS) is 1. The molecule has 0 aliphatic heterocycles. The fourth-order valence-electron chi connectivity index (χ4n) is 3.19. The van der Waals surface area contributed by atoms with E-state index in [2.05, 4.69) is 12.4 Å². The summed E-state index contributed by atoms with van der Waals surface area (Å²) in [4.78, 5) is 10.8. The quantitative estimate of drug-likeness (QED) is 0.210. The van der Waals surface area contributed by atoms with Crippen LogP contribution < -0.4 is 5.48 Å². The molecular weight excluding hydrogens is 304 g/mol. The van der Waals surface area contributed by atoms with Gasteiger partial charge >= 0.3 is 5.97 Å². The van der Waals surface area contributed by atoms with Crippen LogP contribution in [0.3, 0.4) is 0 Å². The molecule has 1 atom stereocenters. The van der Waals surface area contributed by atoms with Gasteiger partial charge in [0.2, 0.25) is 0 Å². The Kier molecular flexibility index (Phi) is 14.3. The summed E-state index contributed by atoms with van der Waals surface area (Å²) in [6.07, 6.45) is 14.6. The minimum atomic E-state index is -0.758. The van der Waals surface area contributed by atoms with Gasteiger partial charge in [-0.15, -0.1) is 0 Å². The minimum absolute atomic E-state index is 0.138. The molecule has 0 aromatic heterocycles. The van der Waals surface area contributed by atoms with Crippen molar-refractivity contribution >= 4 is 5.97 Å². The second-order valence-corrected chi connectivity index (χ2v) is 7.80. The number of unbranched alkanes of at least 4 members (excludes halogenated alkanes) is 8. The van der Waals surface area contributed by atoms with E-state index in [1.165, 1.54) is 51.4 Å². The zero-order chi connectivity index (χ0) is 18.3. The van der Waals surface area contributed by atoms with Gasteiger partial charge in [-0.25, -0.2) is 10.3 Å². The van der Waals surface area contributed by atoms with E-state index in [9.17, 15) is 10.0 Å². The number of nitrogens with one attached hydrogen (secondary N) is 1. The monoisotopic (exact) mass is 345 g/mol. The predicted molar refractivity (Wildman–Crippen MR) is 99.3 cm³/mol. The highest BCUT2D eigenvalue weighted by Crippen LogP contribution is 2.13. The summed E-state index contributed by atoms with van der Waals surface area (Å²) in [5, 5.41) is 18.2. The van der Waals surface area contributed by atoms with Gasteiger partial charge in [0.05, 0.1) is 20.6 Å². The molecule has 0 aromatic carbocycles. The third kappa shape index (κ3) is 14.9. The smallest absolute Gasteiger partial charge is 0.359 e. The molecule has 0 fully saturated rings. The first-order valence-corrected chi connectivity index (χ1v) is 9.84. The third-order valence-corrected chi connectivity index (χ3v) is 4.72. The van der Waals surface area contributed by atoms with E-state index in [0.29, 0.717) is 4.48 Å². The van der Waals surface area contributed by atoms with Crippen LogP contribution >= 0.6 is 0 Å². The normalized spacial score (nSPS) is 13.2. The number of hydroxylamine groups is 1. The van der Waals surface area contributed by atoms with Crippen LogP contribution in [0.2, 0.25) is 0 Å². The van der Waals surface area contributed by atoms with Crippen molar-refractivity contribution in [2.24, 2.45) is 0 Å². The zero-order valence-corrected chi connectivity index (χ0v) is 16.2. The van der Waals surface area contributed by atoms with Crippen LogP contribution in [-0.2, 0) is 4.79 Å². The SMILES string of the molecule is CCCCCCCCCCCC(CCC[N+](C)(C)CC(=O)O)NO. The average Bonchev–Trinajstić information content (AvgIpc) is 2.50. The van der Waals surface area contributed by atoms with Crippen molar-refractivity contribution in [1.29, 1.82) is 0 Å². The number of hydrogen-bond acceptors (Lipinski definition) is 3. The first-order chi connectivity index (χ1) is 11.4. The van der Waals surface area contributed by atoms with Crippen LogP contribution in [0.4, 0.5) is 0 Å². The number of rotatable bonds is 17. The summed E-state index contributed by atoms with van der Waals surface area (Å²) in [5.41, 5.74) is 2.43. The summed E-state index contributed by atoms with van der Waals surface area (Å²) in [6.45, 7) is 3.22. The summed E-state index contributed by atoms with van der Waals surface area (Å²) in [5.74, 6) is -0.758. The minimum Gasteiger partial charge on any atom is -0.477 e. The Bertz CT molecular complexity index is 309. The molecule has 144 valence electrons. The van der Waals surface area contributed by atoms with E-state index >= 15 is 0 Å². The summed E-state index contributed by atoms with van der Waals surface area (Å²) < 4.78 is 0.492. The van der Waals surface area contributed by atoms with Crippen LogP contribution in [-0.4, -0.2) is 54.0 Å². The fourth-order valence-corrected chi connectivity index (χ4v) is 3.19. The van der Waals surface area contributed by atoms with Crippen molar-refractivity contribution in [2.45, 2.75) is 90.0 Å². The fraction of sp³-hybridized carbons (Fsp3) is 0.947. The Morgan fingerprint density at radius 2 is 1.42 bits per heavy atom. The molecule has 0 aliphatic carbocycles. The number of carboxylic acids is 1. The standard InChI is InChI=1S/C19H40N2O3/c1-4-5-6-7-8-9-10-11-12-14-18(20-24)15-13-16-21(2,3)17-19(22)23/h18,20,24H,4-17H2,1-3H3/p+1. The maximum atomic E-state index is 10.8. The van der Waals surface area contributed by atoms with Gasteiger partial charge in [-0.05, 0) is 19.3 Å². The molecule has 3 N–H and O–H groups in total. The largest absolute Gasteiger partial charge is 0.477 e. The van der Waals surface area contributed by atoms with Crippen molar-refractivity contribution in [3.8, 4) is 0 Å². The zero-order valence-electron chi connectivity index (χ0n) is 16.2. The Balaban J connectivity index is 3.61. The van der Waals surface area contributed by atoms with Gasteiger partial charge in [-0.3, -0.25) is 0 Å². The van der Waals surface area contributed by atoms with Crippen LogP contribution in [0.1, 0.15) is 84.0 Å². The second kappa shape index (κ2) is 14.7. The molecule has 0 saturated heterocycles. The molecule has 5 nitrogen and oxygen atoms in total. The van der Waals surface area contributed by atoms with Crippen molar-refractivity contribution in [3.05, 3.63) is 0 Å². The van der Waals surface area contributed by atoms with E-state index < -0.39 is 5.97 Å². The first kappa shape index (κ1) is 23.4. The predicted octanol–water partition coefficient (Wildman–Crippen LogP) is 4.20. The maximum Gasteiger partial charge on any atom is 0.359 e. The lowest BCUT2D eigenvalue weighted by atomic mass is 10.0. The lowest BCUT2D eigenvalue weighted by Crippen LogP contribution is -2.44. The van der Waals surface area contributed by atoms with E-state index in [0.717, 1.165) is 32.2 Å². The maximum absolute atomic E-state index is 10.8. The van der Waals surface area contributed by atoms with Gasteiger partial charge in [0.15, 0.2) is 6.54 Å². The number of hydrogen-bond donors (Lipinski definition) is 3. The van der Waals surface area contributed by atoms with Crippen molar-refractivity contribution in [1.82, 2.24) is 5.48 Å². The van der Waals surface area contributed by atoms with Gasteiger partial charge < -0.3 is 14.8 Å². The van der Waals surface area contributed by atoms with Crippen LogP contribution in [0.15, 0.2) is 0 Å². The first-order valence-electron chi connectivity index (χ1n) is 9.84. The van der Waals surface area contributed by atoms with Crippen molar-refractivity contribution in [3.63, 3.8) is 0 Å². The van der Waals surface area contributed by atoms with Gasteiger partial charge in [-0.1, -0.05) is 64.7 Å². The molecule has 5 heteroatoms. The molecule has 0 spiro atoms. The molecule has 0 amide bonds. The molecule has 0 aliphatic rings. The van der Waals surface area contributed by atoms with Gasteiger partial charge in [0.1, 0.15) is 0 Å². The summed E-state index contributed by atoms with van der Waals surface area (Å²) in [7, 11) is 3.88. The van der Waals surface area contributed by atoms with E-state index in [-0.39, 0.29) is 12.6 Å². The van der Waals surface area contributed by atoms with E-state index in [1.54, 1.807) is 0 Å². The molecule has 0 aromatic rings. The Labute approximate surface area is 149 Å². The molecule has 0 heterocycles. The number of quaternary nitrogens is 1. The molecule has 0 saturated carbocycles. The molecule has 0 radical (unpaired) electrons. The van der Waals surface area contributed by atoms with Crippen LogP contribution in [0, 0.1) is 0 Å². The molecule has 1 unspecified atom stereocenters. The lowest BCUT2D eigenvalue weighted by Gasteiger charge is -2.28. The van der Waals surface area contributed by atoms with Gasteiger partial charge in [-0.2, -0.15) is 0 Å². The van der Waals surface area contributed by atoms with Crippen LogP contribution in [0.5, 0.6) is 0 Å². The van der Waals surface area contributed by atoms with Gasteiger partial charge in [0, 0.05) is 6.04 Å². The van der Waals surface area contributed by atoms with Crippen LogP contribution in [0.25, 0.3) is 0 Å². The summed E-state index contributed by atoms with van der Waals surface area (Å²) >= 11 is 0. The second-order valence-electron chi connectivity index (χ2n) is 7.80. The number of nitrogens with zero attached hydrogens (tertiary/aromatic N) is 1. The number of carbonyl (C=O) groups is 1. The number of aliphatic carboxylic acids is 1. The van der Waals surface area contributed by atoms with Gasteiger partial charge in [0.25, 0.3) is 0 Å². The van der Waals surface area contributed by atoms with E-state index in [4.69, 9.17) is 5.11 Å². The Morgan fingerprint density at radius 3 is 1.92 bits per heavy atom. The molecule has 0 bridgehead atoms. The molecular formula is C19H41N2O3+. The number of likely N-dealkylation sites (N-methyl/N-ethyl adjacent to an activating group) is 1. The Morgan fingerprint density at radius 1 is 0.917 bits per heavy atom. The molecule has 0 rings (SSSR count). The topological polar surface area (TPSA) is 69.6 Å². The highest BCUT2D eigenvalue weighted by atomic mass is 16.5. The third-order valence-electron chi connectivity index (χ3n) is 4.72. The van der Waals surface area contributed by atoms with E-state index in [1.807, 2.05) is 14.1 Å². The van der Waals surface area contributed by atoms with Crippen molar-refractivity contribution < 1.29 is 19.6 Å². The molecule has 24 heavy (non-hydrogen) atoms. The average molecular weight is 346 g/mol. The van der Waals surface area contributed by atoms with Crippen molar-refractivity contribution in [2.75, 3.05) is 27.2 Å². The highest BCUT2D eigenvalue weighted by molar-refractivity contribution is 5.67.